The van der Waals surface area contributed by atoms with Gasteiger partial charge in [-0.3, -0.25) is 0 Å². The van der Waals surface area contributed by atoms with E-state index in [1.165, 1.54) is 0 Å². The molecule has 0 heterocycles. The maximum atomic E-state index is 8.93. The zero-order valence-corrected chi connectivity index (χ0v) is 13.3. The second kappa shape index (κ2) is 37.7. The molecular weight excluding hydrogens is 456 g/mol. The van der Waals surface area contributed by atoms with Crippen molar-refractivity contribution in [1.82, 2.24) is 0 Å². The van der Waals surface area contributed by atoms with E-state index in [0.29, 0.717) is 0 Å². The number of carboxylic acids is 6. The Morgan fingerprint density at radius 2 is 0.360 bits per heavy atom. The van der Waals surface area contributed by atoms with E-state index in [1.54, 1.807) is 0 Å². The fraction of sp³-hybridized carbons (Fsp3) is 0. The molecule has 17 nitrogen and oxygen atoms in total. The summed E-state index contributed by atoms with van der Waals surface area (Å²) in [5.74, 6) is -13.1. The molecule has 0 atom stereocenters. The van der Waals surface area contributed by atoms with Crippen LogP contribution in [0.5, 0.6) is 0 Å². The van der Waals surface area contributed by atoms with Gasteiger partial charge >= 0.3 is 34.1 Å². The number of aliphatic carboxylic acids is 6. The average molecular weight is 466 g/mol. The zero-order valence-electron chi connectivity index (χ0n) is 11.1. The van der Waals surface area contributed by atoms with E-state index < -0.39 is 35.8 Å². The number of hydrogen-bond donors (Lipinski definition) is 0. The van der Waals surface area contributed by atoms with Crippen molar-refractivity contribution < 1.29 is 121 Å². The van der Waals surface area contributed by atoms with Gasteiger partial charge in [0.15, 0.2) is 0 Å². The van der Waals surface area contributed by atoms with Crippen LogP contribution in [0, 0.1) is 0 Å². The van der Waals surface area contributed by atoms with E-state index in [1.807, 2.05) is 0 Å². The molecule has 152 valence electrons. The second-order valence-corrected chi connectivity index (χ2v) is 1.72. The Kier molecular flexibility index (Phi) is 100. The Hall–Kier alpha value is -2.34. The molecule has 2 radical (unpaired) electrons. The molecule has 0 bridgehead atoms. The first kappa shape index (κ1) is 66.3. The predicted molar refractivity (Wildman–Crippen MR) is 48.1 cm³/mol. The van der Waals surface area contributed by atoms with E-state index >= 15 is 0 Å². The van der Waals surface area contributed by atoms with Gasteiger partial charge < -0.3 is 86.8 Å². The molecular formula is C6H10Fe2O17. The summed E-state index contributed by atoms with van der Waals surface area (Å²) in [7, 11) is 0. The van der Waals surface area contributed by atoms with Gasteiger partial charge in [-0.15, -0.1) is 0 Å². The molecule has 0 aliphatic heterocycles. The van der Waals surface area contributed by atoms with Crippen LogP contribution in [0.25, 0.3) is 0 Å². The molecule has 10 N–H and O–H groups in total. The van der Waals surface area contributed by atoms with Gasteiger partial charge in [0.1, 0.15) is 0 Å². The molecule has 0 fully saturated rings. The number of carbonyl (C=O) groups excluding carboxylic acids is 6. The molecule has 0 rings (SSSR count). The van der Waals surface area contributed by atoms with Crippen LogP contribution in [0.3, 0.4) is 0 Å². The Labute approximate surface area is 157 Å². The molecule has 25 heavy (non-hydrogen) atoms. The standard InChI is InChI=1S/3C2H2O4.2Fe.5H2O/c3*3-1(4)2(5)6;;;;;;;/h3*(H,3,4)(H,5,6);;;5*1H2/q;;;2*+3;;;;;/p-6. The summed E-state index contributed by atoms with van der Waals surface area (Å²) in [5.41, 5.74) is 0. The zero-order chi connectivity index (χ0) is 15.5. The summed E-state index contributed by atoms with van der Waals surface area (Å²) in [6, 6.07) is 0. The van der Waals surface area contributed by atoms with Crippen LogP contribution in [0.4, 0.5) is 0 Å². The van der Waals surface area contributed by atoms with Crippen molar-refractivity contribution in [1.29, 1.82) is 0 Å². The van der Waals surface area contributed by atoms with E-state index in [9.17, 15) is 0 Å². The second-order valence-electron chi connectivity index (χ2n) is 1.72. The first-order chi connectivity index (χ1) is 7.93. The first-order valence-electron chi connectivity index (χ1n) is 3.20. The molecule has 0 aromatic rings. The van der Waals surface area contributed by atoms with Crippen LogP contribution in [0.2, 0.25) is 0 Å². The minimum Gasteiger partial charge on any atom is -0.543 e. The van der Waals surface area contributed by atoms with E-state index in [-0.39, 0.29) is 61.5 Å². The van der Waals surface area contributed by atoms with Gasteiger partial charge in [-0.2, -0.15) is 0 Å². The molecule has 19 heteroatoms. The largest absolute Gasteiger partial charge is 3.00 e. The summed E-state index contributed by atoms with van der Waals surface area (Å²) in [6.07, 6.45) is 0. The fourth-order valence-electron chi connectivity index (χ4n) is 0. The monoisotopic (exact) mass is 466 g/mol. The van der Waals surface area contributed by atoms with Crippen molar-refractivity contribution in [3.05, 3.63) is 0 Å². The van der Waals surface area contributed by atoms with Crippen LogP contribution in [-0.4, -0.2) is 63.2 Å². The third-order valence-electron chi connectivity index (χ3n) is 0.500. The fourth-order valence-corrected chi connectivity index (χ4v) is 0. The molecule has 0 saturated carbocycles. The van der Waals surface area contributed by atoms with Crippen molar-refractivity contribution in [2.24, 2.45) is 0 Å². The maximum Gasteiger partial charge on any atom is 3.00 e. The Balaban J connectivity index is -0.0000000148. The number of carboxylic acid groups (broad SMARTS) is 6. The van der Waals surface area contributed by atoms with Crippen molar-refractivity contribution in [2.45, 2.75) is 0 Å². The SMILES string of the molecule is O.O.O.O.O.O=C([O-])C(=O)[O-].O=C([O-])C(=O)[O-].O=C([O-])C(=O)[O-].[Fe+3].[Fe+3]. The number of rotatable bonds is 0. The summed E-state index contributed by atoms with van der Waals surface area (Å²) in [5, 5.41) is 53.6. The number of carbonyl (C=O) groups is 6. The van der Waals surface area contributed by atoms with Gasteiger partial charge in [0.25, 0.3) is 0 Å². The van der Waals surface area contributed by atoms with Crippen molar-refractivity contribution in [2.75, 3.05) is 0 Å². The molecule has 0 amide bonds. The van der Waals surface area contributed by atoms with Gasteiger partial charge in [-0.1, -0.05) is 0 Å². The van der Waals surface area contributed by atoms with Crippen LogP contribution in [-0.2, 0) is 62.9 Å². The minimum atomic E-state index is -2.19. The predicted octanol–water partition coefficient (Wildman–Crippen LogP) is -14.7. The quantitative estimate of drug-likeness (QED) is 0.237. The average Bonchev–Trinajstić information content (AvgIpc) is 2.18. The van der Waals surface area contributed by atoms with Crippen LogP contribution >= 0.6 is 0 Å². The summed E-state index contributed by atoms with van der Waals surface area (Å²) in [6.45, 7) is 0. The van der Waals surface area contributed by atoms with Gasteiger partial charge in [-0.05, 0) is 0 Å². The topological polar surface area (TPSA) is 398 Å². The van der Waals surface area contributed by atoms with Crippen molar-refractivity contribution >= 4 is 35.8 Å². The summed E-state index contributed by atoms with van der Waals surface area (Å²) >= 11 is 0. The van der Waals surface area contributed by atoms with Crippen LogP contribution in [0.15, 0.2) is 0 Å². The number of hydrogen-bond acceptors (Lipinski definition) is 12. The third kappa shape index (κ3) is 89.7. The summed E-state index contributed by atoms with van der Waals surface area (Å²) < 4.78 is 0. The van der Waals surface area contributed by atoms with Gasteiger partial charge in [0.2, 0.25) is 0 Å². The third-order valence-corrected chi connectivity index (χ3v) is 0.500. The maximum absolute atomic E-state index is 8.93. The molecule has 0 aliphatic rings. The van der Waals surface area contributed by atoms with Crippen molar-refractivity contribution in [3.8, 4) is 0 Å². The summed E-state index contributed by atoms with van der Waals surface area (Å²) in [4.78, 5) is 53.6. The molecule has 0 aromatic heterocycles. The molecule has 0 aromatic carbocycles. The Bertz CT molecular complexity index is 284. The molecule has 0 aliphatic carbocycles. The van der Waals surface area contributed by atoms with Crippen molar-refractivity contribution in [3.63, 3.8) is 0 Å². The van der Waals surface area contributed by atoms with Gasteiger partial charge in [0, 0.05) is 0 Å². The molecule has 0 spiro atoms. The van der Waals surface area contributed by atoms with Gasteiger partial charge in [-0.25, -0.2) is 0 Å². The Morgan fingerprint density at radius 1 is 0.320 bits per heavy atom. The molecule has 0 saturated heterocycles. The van der Waals surface area contributed by atoms with Crippen LogP contribution in [0.1, 0.15) is 0 Å². The van der Waals surface area contributed by atoms with E-state index in [2.05, 4.69) is 0 Å². The first-order valence-corrected chi connectivity index (χ1v) is 3.20. The van der Waals surface area contributed by atoms with E-state index in [4.69, 9.17) is 59.4 Å². The smallest absolute Gasteiger partial charge is 0.543 e. The van der Waals surface area contributed by atoms with Crippen LogP contribution < -0.4 is 30.6 Å². The van der Waals surface area contributed by atoms with Gasteiger partial charge in [0.05, 0.1) is 35.8 Å². The normalized spacial score (nSPS) is 5.28. The van der Waals surface area contributed by atoms with E-state index in [0.717, 1.165) is 0 Å². The minimum absolute atomic E-state index is 0. The Morgan fingerprint density at radius 3 is 0.360 bits per heavy atom. The molecule has 0 unspecified atom stereocenters.